The summed E-state index contributed by atoms with van der Waals surface area (Å²) in [4.78, 5) is 7.15. The molecule has 106 valence electrons. The molecule has 0 saturated carbocycles. The van der Waals surface area contributed by atoms with Crippen molar-refractivity contribution in [3.05, 3.63) is 24.0 Å². The molecule has 2 heterocycles. The number of aromatic nitrogens is 1. The maximum Gasteiger partial charge on any atom is 0.0564 e. The van der Waals surface area contributed by atoms with Crippen molar-refractivity contribution in [1.82, 2.24) is 9.88 Å². The summed E-state index contributed by atoms with van der Waals surface area (Å²) >= 11 is 0. The van der Waals surface area contributed by atoms with Crippen LogP contribution in [-0.2, 0) is 6.54 Å². The van der Waals surface area contributed by atoms with Gasteiger partial charge in [0, 0.05) is 37.1 Å². The number of nitrogens with zero attached hydrogens (tertiary/aromatic N) is 2. The van der Waals surface area contributed by atoms with Crippen molar-refractivity contribution in [1.29, 1.82) is 0 Å². The van der Waals surface area contributed by atoms with Gasteiger partial charge in [-0.15, -0.1) is 0 Å². The molecule has 1 N–H and O–H groups in total. The lowest BCUT2D eigenvalue weighted by molar-refractivity contribution is 0.187. The molecule has 0 radical (unpaired) electrons. The van der Waals surface area contributed by atoms with E-state index < -0.39 is 0 Å². The molecule has 1 saturated heterocycles. The molecule has 3 heteroatoms. The molecule has 0 aromatic carbocycles. The first-order chi connectivity index (χ1) is 9.24. The summed E-state index contributed by atoms with van der Waals surface area (Å²) in [5, 5.41) is 3.44. The average Bonchev–Trinajstić information content (AvgIpc) is 2.78. The highest BCUT2D eigenvalue weighted by atomic mass is 15.2. The van der Waals surface area contributed by atoms with E-state index in [2.05, 4.69) is 48.1 Å². The van der Waals surface area contributed by atoms with Crippen molar-refractivity contribution in [2.45, 2.75) is 65.1 Å². The molecule has 2 rings (SSSR count). The van der Waals surface area contributed by atoms with Crippen LogP contribution in [0.3, 0.4) is 0 Å². The van der Waals surface area contributed by atoms with Crippen LogP contribution in [0, 0.1) is 0 Å². The van der Waals surface area contributed by atoms with Gasteiger partial charge in [-0.3, -0.25) is 9.88 Å². The Labute approximate surface area is 117 Å². The first-order valence-electron chi connectivity index (χ1n) is 7.69. The van der Waals surface area contributed by atoms with Gasteiger partial charge in [-0.25, -0.2) is 0 Å². The maximum absolute atomic E-state index is 4.53. The smallest absolute Gasteiger partial charge is 0.0564 e. The number of nitrogens with one attached hydrogen (secondary N) is 1. The van der Waals surface area contributed by atoms with E-state index in [0.717, 1.165) is 25.6 Å². The van der Waals surface area contributed by atoms with E-state index in [1.807, 2.05) is 6.20 Å². The Balaban J connectivity index is 2.01. The monoisotopic (exact) mass is 261 g/mol. The highest BCUT2D eigenvalue weighted by Gasteiger charge is 2.29. The van der Waals surface area contributed by atoms with Crippen LogP contribution in [0.1, 0.15) is 52.1 Å². The zero-order valence-corrected chi connectivity index (χ0v) is 12.5. The highest BCUT2D eigenvalue weighted by Crippen LogP contribution is 2.27. The van der Waals surface area contributed by atoms with Crippen LogP contribution < -0.4 is 5.32 Å². The van der Waals surface area contributed by atoms with Crippen LogP contribution in [0.2, 0.25) is 0 Å². The second-order valence-electron chi connectivity index (χ2n) is 5.62. The summed E-state index contributed by atoms with van der Waals surface area (Å²) < 4.78 is 0. The predicted molar refractivity (Wildman–Crippen MR) is 81.3 cm³/mol. The number of hydrogen-bond donors (Lipinski definition) is 1. The van der Waals surface area contributed by atoms with Crippen LogP contribution in [0.15, 0.2) is 18.3 Å². The number of likely N-dealkylation sites (tertiary alicyclic amines) is 1. The Bertz CT molecular complexity index is 391. The van der Waals surface area contributed by atoms with Crippen molar-refractivity contribution >= 4 is 5.69 Å². The second kappa shape index (κ2) is 6.90. The Hall–Kier alpha value is -1.09. The Kier molecular flexibility index (Phi) is 5.20. The summed E-state index contributed by atoms with van der Waals surface area (Å²) in [6, 6.07) is 5.69. The molecule has 1 aliphatic heterocycles. The van der Waals surface area contributed by atoms with Gasteiger partial charge >= 0.3 is 0 Å². The number of rotatable bonds is 6. The first-order valence-corrected chi connectivity index (χ1v) is 7.69. The lowest BCUT2D eigenvalue weighted by Gasteiger charge is -2.27. The van der Waals surface area contributed by atoms with Gasteiger partial charge in [0.05, 0.1) is 5.69 Å². The molecular weight excluding hydrogens is 234 g/mol. The Morgan fingerprint density at radius 3 is 2.95 bits per heavy atom. The van der Waals surface area contributed by atoms with E-state index in [1.54, 1.807) is 0 Å². The molecule has 19 heavy (non-hydrogen) atoms. The zero-order chi connectivity index (χ0) is 13.7. The van der Waals surface area contributed by atoms with Gasteiger partial charge < -0.3 is 5.32 Å². The summed E-state index contributed by atoms with van der Waals surface area (Å²) in [7, 11) is 0. The van der Waals surface area contributed by atoms with E-state index in [1.165, 1.54) is 30.6 Å². The molecular formula is C16H27N3. The van der Waals surface area contributed by atoms with Crippen molar-refractivity contribution in [3.8, 4) is 0 Å². The molecule has 1 aromatic heterocycles. The lowest BCUT2D eigenvalue weighted by Crippen LogP contribution is -2.33. The van der Waals surface area contributed by atoms with E-state index in [0.29, 0.717) is 6.04 Å². The van der Waals surface area contributed by atoms with Gasteiger partial charge in [-0.05, 0) is 44.7 Å². The van der Waals surface area contributed by atoms with Crippen LogP contribution in [0.5, 0.6) is 0 Å². The van der Waals surface area contributed by atoms with Crippen molar-refractivity contribution < 1.29 is 0 Å². The first kappa shape index (κ1) is 14.3. The Morgan fingerprint density at radius 2 is 2.21 bits per heavy atom. The van der Waals surface area contributed by atoms with E-state index in [4.69, 9.17) is 0 Å². The van der Waals surface area contributed by atoms with Crippen molar-refractivity contribution in [2.24, 2.45) is 0 Å². The Morgan fingerprint density at radius 1 is 1.37 bits per heavy atom. The SMILES string of the molecule is CCCNc1ccnc(CN2C(C)CCC2CC)c1. The fourth-order valence-corrected chi connectivity index (χ4v) is 2.98. The molecule has 0 bridgehead atoms. The largest absolute Gasteiger partial charge is 0.385 e. The summed E-state index contributed by atoms with van der Waals surface area (Å²) in [6.07, 6.45) is 6.99. The summed E-state index contributed by atoms with van der Waals surface area (Å²) in [6.45, 7) is 8.84. The maximum atomic E-state index is 4.53. The highest BCUT2D eigenvalue weighted by molar-refractivity contribution is 5.43. The topological polar surface area (TPSA) is 28.2 Å². The summed E-state index contributed by atoms with van der Waals surface area (Å²) in [5.41, 5.74) is 2.39. The van der Waals surface area contributed by atoms with Crippen LogP contribution >= 0.6 is 0 Å². The van der Waals surface area contributed by atoms with Gasteiger partial charge in [0.1, 0.15) is 0 Å². The standard InChI is InChI=1S/C16H27N3/c1-4-9-17-14-8-10-18-15(11-14)12-19-13(3)6-7-16(19)5-2/h8,10-11,13,16H,4-7,9,12H2,1-3H3,(H,17,18). The third-order valence-electron chi connectivity index (χ3n) is 4.16. The molecule has 1 fully saturated rings. The molecule has 2 unspecified atom stereocenters. The number of pyridine rings is 1. The summed E-state index contributed by atoms with van der Waals surface area (Å²) in [5.74, 6) is 0. The van der Waals surface area contributed by atoms with Crippen LogP contribution in [0.4, 0.5) is 5.69 Å². The minimum absolute atomic E-state index is 0.694. The van der Waals surface area contributed by atoms with Gasteiger partial charge in [-0.1, -0.05) is 13.8 Å². The quantitative estimate of drug-likeness (QED) is 0.847. The van der Waals surface area contributed by atoms with E-state index in [9.17, 15) is 0 Å². The lowest BCUT2D eigenvalue weighted by atomic mass is 10.1. The fraction of sp³-hybridized carbons (Fsp3) is 0.688. The van der Waals surface area contributed by atoms with Gasteiger partial charge in [0.2, 0.25) is 0 Å². The van der Waals surface area contributed by atoms with Gasteiger partial charge in [-0.2, -0.15) is 0 Å². The van der Waals surface area contributed by atoms with E-state index in [-0.39, 0.29) is 0 Å². The number of hydrogen-bond acceptors (Lipinski definition) is 3. The van der Waals surface area contributed by atoms with Crippen LogP contribution in [-0.4, -0.2) is 28.5 Å². The normalized spacial score (nSPS) is 23.7. The molecule has 0 aliphatic carbocycles. The minimum Gasteiger partial charge on any atom is -0.385 e. The van der Waals surface area contributed by atoms with Crippen molar-refractivity contribution in [3.63, 3.8) is 0 Å². The van der Waals surface area contributed by atoms with Crippen LogP contribution in [0.25, 0.3) is 0 Å². The third kappa shape index (κ3) is 3.69. The average molecular weight is 261 g/mol. The third-order valence-corrected chi connectivity index (χ3v) is 4.16. The molecule has 1 aliphatic rings. The molecule has 3 nitrogen and oxygen atoms in total. The second-order valence-corrected chi connectivity index (χ2v) is 5.62. The van der Waals surface area contributed by atoms with E-state index >= 15 is 0 Å². The molecule has 2 atom stereocenters. The van der Waals surface area contributed by atoms with Crippen molar-refractivity contribution in [2.75, 3.05) is 11.9 Å². The molecule has 1 aromatic rings. The van der Waals surface area contributed by atoms with Gasteiger partial charge in [0.15, 0.2) is 0 Å². The predicted octanol–water partition coefficient (Wildman–Crippen LogP) is 3.67. The fourth-order valence-electron chi connectivity index (χ4n) is 2.98. The molecule has 0 spiro atoms. The van der Waals surface area contributed by atoms with Gasteiger partial charge in [0.25, 0.3) is 0 Å². The number of anilines is 1. The molecule has 0 amide bonds. The minimum atomic E-state index is 0.694. The zero-order valence-electron chi connectivity index (χ0n) is 12.5.